The number of methoxy groups -OCH3 is 1. The molecular formula is C22H28O5. The Balaban J connectivity index is 2.00. The molecule has 146 valence electrons. The van der Waals surface area contributed by atoms with Gasteiger partial charge in [-0.3, -0.25) is 4.79 Å². The highest BCUT2D eigenvalue weighted by Gasteiger charge is 2.10. The molecule has 2 aromatic carbocycles. The molecule has 0 fully saturated rings. The third-order valence-corrected chi connectivity index (χ3v) is 4.27. The van der Waals surface area contributed by atoms with Gasteiger partial charge in [0.05, 0.1) is 7.11 Å². The van der Waals surface area contributed by atoms with Crippen LogP contribution in [-0.2, 0) is 11.2 Å². The average molecular weight is 372 g/mol. The molecule has 2 rings (SSSR count). The van der Waals surface area contributed by atoms with Crippen molar-refractivity contribution in [2.75, 3.05) is 20.3 Å². The first-order valence-corrected chi connectivity index (χ1v) is 9.15. The standard InChI is InChI=1S/C22H28O5/c1-15(2)19-9-5-16(3)13-21(19)27-12-11-26-20-14-18(25-4)8-6-17(20)7-10-22(23)24/h5-6,8-9,13-15H,7,10-12H2,1-4H3,(H,23,24). The highest BCUT2D eigenvalue weighted by molar-refractivity contribution is 5.67. The van der Waals surface area contributed by atoms with Crippen LogP contribution in [0.4, 0.5) is 0 Å². The van der Waals surface area contributed by atoms with Crippen molar-refractivity contribution in [3.05, 3.63) is 53.1 Å². The van der Waals surface area contributed by atoms with Crippen LogP contribution in [0.5, 0.6) is 17.2 Å². The van der Waals surface area contributed by atoms with Gasteiger partial charge in [0.2, 0.25) is 0 Å². The third-order valence-electron chi connectivity index (χ3n) is 4.27. The fourth-order valence-electron chi connectivity index (χ4n) is 2.79. The molecule has 0 aliphatic heterocycles. The lowest BCUT2D eigenvalue weighted by Crippen LogP contribution is -2.11. The molecule has 0 aromatic heterocycles. The minimum absolute atomic E-state index is 0.0558. The summed E-state index contributed by atoms with van der Waals surface area (Å²) < 4.78 is 17.1. The molecular weight excluding hydrogens is 344 g/mol. The van der Waals surface area contributed by atoms with Gasteiger partial charge in [0, 0.05) is 12.5 Å². The van der Waals surface area contributed by atoms with Crippen LogP contribution in [0.15, 0.2) is 36.4 Å². The predicted octanol–water partition coefficient (Wildman–Crippen LogP) is 4.60. The lowest BCUT2D eigenvalue weighted by Gasteiger charge is -2.16. The summed E-state index contributed by atoms with van der Waals surface area (Å²) in [6.07, 6.45) is 0.463. The highest BCUT2D eigenvalue weighted by atomic mass is 16.5. The Morgan fingerprint density at radius 2 is 1.74 bits per heavy atom. The number of carboxylic acids is 1. The van der Waals surface area contributed by atoms with E-state index >= 15 is 0 Å². The Morgan fingerprint density at radius 3 is 2.37 bits per heavy atom. The summed E-state index contributed by atoms with van der Waals surface area (Å²) in [5.74, 6) is 1.73. The van der Waals surface area contributed by atoms with Crippen molar-refractivity contribution in [2.45, 2.75) is 39.5 Å². The Bertz CT molecular complexity index is 767. The first kappa shape index (κ1) is 20.6. The molecule has 0 atom stereocenters. The van der Waals surface area contributed by atoms with Crippen molar-refractivity contribution in [1.82, 2.24) is 0 Å². The smallest absolute Gasteiger partial charge is 0.303 e. The van der Waals surface area contributed by atoms with Gasteiger partial charge < -0.3 is 19.3 Å². The van der Waals surface area contributed by atoms with Crippen molar-refractivity contribution < 1.29 is 24.1 Å². The van der Waals surface area contributed by atoms with Gasteiger partial charge in [-0.2, -0.15) is 0 Å². The molecule has 1 N–H and O–H groups in total. The third kappa shape index (κ3) is 6.20. The van der Waals surface area contributed by atoms with Gasteiger partial charge in [-0.1, -0.05) is 32.0 Å². The fourth-order valence-corrected chi connectivity index (χ4v) is 2.79. The molecule has 0 bridgehead atoms. The van der Waals surface area contributed by atoms with Gasteiger partial charge in [0.1, 0.15) is 30.5 Å². The van der Waals surface area contributed by atoms with Crippen LogP contribution >= 0.6 is 0 Å². The van der Waals surface area contributed by atoms with Crippen molar-refractivity contribution in [3.63, 3.8) is 0 Å². The number of carboxylic acid groups (broad SMARTS) is 1. The van der Waals surface area contributed by atoms with E-state index in [4.69, 9.17) is 19.3 Å². The van der Waals surface area contributed by atoms with Gasteiger partial charge in [-0.15, -0.1) is 0 Å². The number of rotatable bonds is 10. The Kier molecular flexibility index (Phi) is 7.53. The van der Waals surface area contributed by atoms with Gasteiger partial charge in [-0.25, -0.2) is 0 Å². The molecule has 0 unspecified atom stereocenters. The molecule has 0 spiro atoms. The molecule has 0 heterocycles. The van der Waals surface area contributed by atoms with Crippen molar-refractivity contribution in [2.24, 2.45) is 0 Å². The zero-order valence-electron chi connectivity index (χ0n) is 16.5. The van der Waals surface area contributed by atoms with Crippen molar-refractivity contribution in [3.8, 4) is 17.2 Å². The van der Waals surface area contributed by atoms with Crippen LogP contribution in [0.25, 0.3) is 0 Å². The number of aliphatic carboxylic acids is 1. The van der Waals surface area contributed by atoms with Gasteiger partial charge in [-0.05, 0) is 48.1 Å². The topological polar surface area (TPSA) is 65.0 Å². The molecule has 0 aliphatic carbocycles. The zero-order chi connectivity index (χ0) is 19.8. The summed E-state index contributed by atoms with van der Waals surface area (Å²) in [6.45, 7) is 7.08. The van der Waals surface area contributed by atoms with Crippen LogP contribution < -0.4 is 14.2 Å². The number of benzene rings is 2. The van der Waals surface area contributed by atoms with Crippen LogP contribution in [0.3, 0.4) is 0 Å². The summed E-state index contributed by atoms with van der Waals surface area (Å²) in [4.78, 5) is 10.9. The second kappa shape index (κ2) is 9.86. The molecule has 5 nitrogen and oxygen atoms in total. The number of hydrogen-bond acceptors (Lipinski definition) is 4. The van der Waals surface area contributed by atoms with Crippen molar-refractivity contribution in [1.29, 1.82) is 0 Å². The highest BCUT2D eigenvalue weighted by Crippen LogP contribution is 2.28. The van der Waals surface area contributed by atoms with E-state index in [1.165, 1.54) is 5.56 Å². The molecule has 0 aliphatic rings. The Morgan fingerprint density at radius 1 is 1.04 bits per heavy atom. The van der Waals surface area contributed by atoms with E-state index in [9.17, 15) is 4.79 Å². The Hall–Kier alpha value is -2.69. The monoisotopic (exact) mass is 372 g/mol. The maximum absolute atomic E-state index is 10.9. The molecule has 0 saturated carbocycles. The predicted molar refractivity (Wildman–Crippen MR) is 105 cm³/mol. The first-order valence-electron chi connectivity index (χ1n) is 9.15. The second-order valence-corrected chi connectivity index (χ2v) is 6.76. The van der Waals surface area contributed by atoms with Crippen LogP contribution in [0, 0.1) is 6.92 Å². The van der Waals surface area contributed by atoms with Gasteiger partial charge in [0.25, 0.3) is 0 Å². The number of ether oxygens (including phenoxy) is 3. The van der Waals surface area contributed by atoms with E-state index in [0.717, 1.165) is 16.9 Å². The van der Waals surface area contributed by atoms with E-state index in [1.54, 1.807) is 13.2 Å². The van der Waals surface area contributed by atoms with Crippen LogP contribution in [0.2, 0.25) is 0 Å². The van der Waals surface area contributed by atoms with E-state index < -0.39 is 5.97 Å². The molecule has 2 aromatic rings. The summed E-state index contributed by atoms with van der Waals surface area (Å²) >= 11 is 0. The SMILES string of the molecule is COc1ccc(CCC(=O)O)c(OCCOc2cc(C)ccc2C(C)C)c1. The van der Waals surface area contributed by atoms with Gasteiger partial charge >= 0.3 is 5.97 Å². The summed E-state index contributed by atoms with van der Waals surface area (Å²) in [5.41, 5.74) is 3.17. The van der Waals surface area contributed by atoms with Crippen LogP contribution in [-0.4, -0.2) is 31.4 Å². The summed E-state index contributed by atoms with van der Waals surface area (Å²) in [6, 6.07) is 11.7. The molecule has 5 heteroatoms. The van der Waals surface area contributed by atoms with E-state index in [-0.39, 0.29) is 6.42 Å². The minimum atomic E-state index is -0.833. The number of carbonyl (C=O) groups is 1. The van der Waals surface area contributed by atoms with E-state index in [2.05, 4.69) is 26.0 Å². The minimum Gasteiger partial charge on any atom is -0.497 e. The molecule has 0 radical (unpaired) electrons. The first-order chi connectivity index (χ1) is 12.9. The number of aryl methyl sites for hydroxylation is 2. The second-order valence-electron chi connectivity index (χ2n) is 6.76. The Labute approximate surface area is 160 Å². The maximum Gasteiger partial charge on any atom is 0.303 e. The van der Waals surface area contributed by atoms with Crippen LogP contribution in [0.1, 0.15) is 42.9 Å². The molecule has 27 heavy (non-hydrogen) atoms. The van der Waals surface area contributed by atoms with E-state index in [1.807, 2.05) is 25.1 Å². The summed E-state index contributed by atoms with van der Waals surface area (Å²) in [7, 11) is 1.59. The fraction of sp³-hybridized carbons (Fsp3) is 0.409. The lowest BCUT2D eigenvalue weighted by atomic mass is 10.0. The largest absolute Gasteiger partial charge is 0.497 e. The molecule has 0 saturated heterocycles. The zero-order valence-corrected chi connectivity index (χ0v) is 16.5. The van der Waals surface area contributed by atoms with Gasteiger partial charge in [0.15, 0.2) is 0 Å². The lowest BCUT2D eigenvalue weighted by molar-refractivity contribution is -0.136. The molecule has 0 amide bonds. The average Bonchev–Trinajstić information content (AvgIpc) is 2.63. The maximum atomic E-state index is 10.9. The normalized spacial score (nSPS) is 10.7. The van der Waals surface area contributed by atoms with E-state index in [0.29, 0.717) is 37.1 Å². The quantitative estimate of drug-likeness (QED) is 0.617. The van der Waals surface area contributed by atoms with Crippen molar-refractivity contribution >= 4 is 5.97 Å². The number of hydrogen-bond donors (Lipinski definition) is 1. The summed E-state index contributed by atoms with van der Waals surface area (Å²) in [5, 5.41) is 8.91.